The third kappa shape index (κ3) is 37.2. The first-order valence-electron chi connectivity index (χ1n) is 16.5. The van der Waals surface area contributed by atoms with E-state index in [1.807, 2.05) is 0 Å². The zero-order chi connectivity index (χ0) is 29.7. The summed E-state index contributed by atoms with van der Waals surface area (Å²) >= 11 is 0. The third-order valence-electron chi connectivity index (χ3n) is 6.35. The van der Waals surface area contributed by atoms with Crippen molar-refractivity contribution in [2.45, 2.75) is 104 Å². The van der Waals surface area contributed by atoms with Gasteiger partial charge < -0.3 is 37.9 Å². The molecular weight excluding hydrogens is 528 g/mol. The molecule has 0 aromatic carbocycles. The minimum absolute atomic E-state index is 0.128. The topological polar surface area (TPSA) is 90.9 Å². The molecule has 246 valence electrons. The number of ether oxygens (including phenoxy) is 8. The molecule has 0 saturated carbocycles. The van der Waals surface area contributed by atoms with E-state index in [2.05, 4.69) is 13.8 Å². The summed E-state index contributed by atoms with van der Waals surface area (Å²) in [4.78, 5) is 11.7. The van der Waals surface area contributed by atoms with Crippen LogP contribution >= 0.6 is 0 Å². The van der Waals surface area contributed by atoms with Crippen molar-refractivity contribution < 1.29 is 42.7 Å². The van der Waals surface area contributed by atoms with Crippen LogP contribution in [0.25, 0.3) is 0 Å². The van der Waals surface area contributed by atoms with Crippen LogP contribution in [0.5, 0.6) is 0 Å². The van der Waals surface area contributed by atoms with E-state index in [-0.39, 0.29) is 5.97 Å². The number of carbonyl (C=O) groups is 1. The Morgan fingerprint density at radius 2 is 0.634 bits per heavy atom. The fraction of sp³-hybridized carbons (Fsp3) is 0.969. The quantitative estimate of drug-likeness (QED) is 0.0628. The fourth-order valence-corrected chi connectivity index (χ4v) is 3.92. The van der Waals surface area contributed by atoms with Crippen molar-refractivity contribution in [3.8, 4) is 0 Å². The second-order valence-corrected chi connectivity index (χ2v) is 10.1. The molecule has 0 spiro atoms. The first-order chi connectivity index (χ1) is 20.3. The highest BCUT2D eigenvalue weighted by molar-refractivity contribution is 5.69. The molecule has 0 aliphatic carbocycles. The monoisotopic (exact) mass is 592 g/mol. The summed E-state index contributed by atoms with van der Waals surface area (Å²) < 4.78 is 43.5. The molecule has 0 saturated heterocycles. The Kier molecular flexibility index (Phi) is 36.5. The highest BCUT2D eigenvalue weighted by atomic mass is 16.6. The molecular formula is C32H64O9. The number of carbonyl (C=O) groups excluding carboxylic acids is 1. The molecule has 0 aromatic rings. The van der Waals surface area contributed by atoms with Crippen molar-refractivity contribution in [2.24, 2.45) is 0 Å². The molecule has 9 nitrogen and oxygen atoms in total. The van der Waals surface area contributed by atoms with Gasteiger partial charge in [0.15, 0.2) is 0 Å². The van der Waals surface area contributed by atoms with Crippen LogP contribution in [0.4, 0.5) is 0 Å². The van der Waals surface area contributed by atoms with Crippen LogP contribution < -0.4 is 0 Å². The Bertz CT molecular complexity index is 494. The van der Waals surface area contributed by atoms with Crippen molar-refractivity contribution in [1.29, 1.82) is 0 Å². The summed E-state index contributed by atoms with van der Waals surface area (Å²) in [6, 6.07) is 0. The van der Waals surface area contributed by atoms with Crippen molar-refractivity contribution in [3.63, 3.8) is 0 Å². The molecule has 0 unspecified atom stereocenters. The average Bonchev–Trinajstić information content (AvgIpc) is 2.98. The predicted molar refractivity (Wildman–Crippen MR) is 163 cm³/mol. The van der Waals surface area contributed by atoms with E-state index in [0.717, 1.165) is 25.9 Å². The van der Waals surface area contributed by atoms with E-state index in [4.69, 9.17) is 37.9 Å². The number of hydrogen-bond acceptors (Lipinski definition) is 9. The zero-order valence-electron chi connectivity index (χ0n) is 26.7. The van der Waals surface area contributed by atoms with Gasteiger partial charge >= 0.3 is 5.97 Å². The number of rotatable bonds is 36. The van der Waals surface area contributed by atoms with Gasteiger partial charge in [-0.2, -0.15) is 0 Å². The molecule has 0 aromatic heterocycles. The highest BCUT2D eigenvalue weighted by Crippen LogP contribution is 2.10. The maximum absolute atomic E-state index is 11.7. The summed E-state index contributed by atoms with van der Waals surface area (Å²) in [5.41, 5.74) is 0. The van der Waals surface area contributed by atoms with E-state index < -0.39 is 0 Å². The van der Waals surface area contributed by atoms with Crippen LogP contribution in [0.2, 0.25) is 0 Å². The summed E-state index contributed by atoms with van der Waals surface area (Å²) in [5.74, 6) is -0.128. The van der Waals surface area contributed by atoms with Crippen molar-refractivity contribution >= 4 is 5.97 Å². The molecule has 0 aliphatic rings. The standard InChI is InChI=1S/C32H64O9/c1-3-5-7-9-10-11-12-13-14-16-32(33)41-31-30-40-29-28-39-27-26-38-25-24-37-23-22-36-21-20-35-19-18-34-17-15-8-6-4-2/h3-31H2,1-2H3. The summed E-state index contributed by atoms with van der Waals surface area (Å²) in [5, 5.41) is 0. The molecule has 0 atom stereocenters. The first kappa shape index (κ1) is 40.2. The van der Waals surface area contributed by atoms with Crippen molar-refractivity contribution in [3.05, 3.63) is 0 Å². The van der Waals surface area contributed by atoms with Crippen LogP contribution in [0.1, 0.15) is 104 Å². The van der Waals surface area contributed by atoms with Crippen LogP contribution in [-0.2, 0) is 42.7 Å². The smallest absolute Gasteiger partial charge is 0.305 e. The fourth-order valence-electron chi connectivity index (χ4n) is 3.92. The lowest BCUT2D eigenvalue weighted by Gasteiger charge is -2.09. The molecule has 0 radical (unpaired) electrons. The van der Waals surface area contributed by atoms with Crippen LogP contribution in [0.3, 0.4) is 0 Å². The number of unbranched alkanes of at least 4 members (excludes halogenated alkanes) is 11. The second kappa shape index (κ2) is 37.2. The van der Waals surface area contributed by atoms with E-state index in [9.17, 15) is 4.79 Å². The van der Waals surface area contributed by atoms with Gasteiger partial charge in [0.1, 0.15) is 6.61 Å². The van der Waals surface area contributed by atoms with Crippen molar-refractivity contribution in [1.82, 2.24) is 0 Å². The van der Waals surface area contributed by atoms with E-state index in [1.54, 1.807) is 0 Å². The zero-order valence-corrected chi connectivity index (χ0v) is 26.7. The maximum atomic E-state index is 11.7. The minimum Gasteiger partial charge on any atom is -0.463 e. The Morgan fingerprint density at radius 3 is 1.02 bits per heavy atom. The highest BCUT2D eigenvalue weighted by Gasteiger charge is 2.03. The van der Waals surface area contributed by atoms with Crippen LogP contribution in [0, 0.1) is 0 Å². The predicted octanol–water partition coefficient (Wildman–Crippen LogP) is 6.15. The summed E-state index contributed by atoms with van der Waals surface area (Å²) in [6.45, 7) is 12.4. The Hall–Kier alpha value is -0.810. The van der Waals surface area contributed by atoms with E-state index in [1.165, 1.54) is 64.2 Å². The van der Waals surface area contributed by atoms with Gasteiger partial charge in [-0.1, -0.05) is 84.5 Å². The molecule has 0 amide bonds. The summed E-state index contributed by atoms with van der Waals surface area (Å²) in [7, 11) is 0. The molecule has 0 aliphatic heterocycles. The second-order valence-electron chi connectivity index (χ2n) is 10.1. The molecule has 0 heterocycles. The van der Waals surface area contributed by atoms with Gasteiger partial charge in [-0.15, -0.1) is 0 Å². The van der Waals surface area contributed by atoms with Crippen LogP contribution in [-0.4, -0.2) is 105 Å². The number of hydrogen-bond donors (Lipinski definition) is 0. The van der Waals surface area contributed by atoms with Gasteiger partial charge in [0.05, 0.1) is 85.9 Å². The van der Waals surface area contributed by atoms with E-state index >= 15 is 0 Å². The average molecular weight is 593 g/mol. The molecule has 0 rings (SSSR count). The number of esters is 1. The lowest BCUT2D eigenvalue weighted by Crippen LogP contribution is -2.15. The van der Waals surface area contributed by atoms with E-state index in [0.29, 0.717) is 98.9 Å². The van der Waals surface area contributed by atoms with Gasteiger partial charge in [0.25, 0.3) is 0 Å². The molecule has 41 heavy (non-hydrogen) atoms. The maximum Gasteiger partial charge on any atom is 0.305 e. The van der Waals surface area contributed by atoms with Crippen molar-refractivity contribution in [2.75, 3.05) is 99.1 Å². The Labute approximate surface area is 251 Å². The molecule has 0 N–H and O–H groups in total. The van der Waals surface area contributed by atoms with Gasteiger partial charge in [-0.25, -0.2) is 0 Å². The Morgan fingerprint density at radius 1 is 0.341 bits per heavy atom. The molecule has 0 fully saturated rings. The SMILES string of the molecule is CCCCCCCCCCCC(=O)OCCOCCOCCOCCOCCOCCOCCOCCCCCC. The van der Waals surface area contributed by atoms with Gasteiger partial charge in [0, 0.05) is 13.0 Å². The third-order valence-corrected chi connectivity index (χ3v) is 6.35. The van der Waals surface area contributed by atoms with Gasteiger partial charge in [0.2, 0.25) is 0 Å². The molecule has 9 heteroatoms. The van der Waals surface area contributed by atoms with Gasteiger partial charge in [-0.05, 0) is 12.8 Å². The largest absolute Gasteiger partial charge is 0.463 e. The van der Waals surface area contributed by atoms with Gasteiger partial charge in [-0.3, -0.25) is 4.79 Å². The van der Waals surface area contributed by atoms with Crippen LogP contribution in [0.15, 0.2) is 0 Å². The minimum atomic E-state index is -0.128. The summed E-state index contributed by atoms with van der Waals surface area (Å²) in [6.07, 6.45) is 16.6. The lowest BCUT2D eigenvalue weighted by molar-refractivity contribution is -0.145. The first-order valence-corrected chi connectivity index (χ1v) is 16.5. The normalized spacial score (nSPS) is 11.4. The molecule has 0 bridgehead atoms. The Balaban J connectivity index is 3.11. The lowest BCUT2D eigenvalue weighted by atomic mass is 10.1.